The van der Waals surface area contributed by atoms with Gasteiger partial charge < -0.3 is 19.7 Å². The van der Waals surface area contributed by atoms with Crippen LogP contribution in [0.3, 0.4) is 0 Å². The highest BCUT2D eigenvalue weighted by atomic mass is 16.5. The van der Waals surface area contributed by atoms with Crippen LogP contribution in [-0.2, 0) is 4.79 Å². The first-order valence-electron chi connectivity index (χ1n) is 8.19. The summed E-state index contributed by atoms with van der Waals surface area (Å²) >= 11 is 0. The Labute approximate surface area is 147 Å². The van der Waals surface area contributed by atoms with E-state index in [4.69, 9.17) is 9.47 Å². The number of aliphatic carboxylic acids is 1. The number of ether oxygens (including phenoxy) is 2. The molecule has 0 bridgehead atoms. The largest absolute Gasteiger partial charge is 0.508 e. The Morgan fingerprint density at radius 2 is 1.88 bits per heavy atom. The first-order chi connectivity index (χ1) is 12.0. The number of carboxylic acids is 1. The summed E-state index contributed by atoms with van der Waals surface area (Å²) in [6.45, 7) is 4.96. The third-order valence-corrected chi connectivity index (χ3v) is 3.43. The van der Waals surface area contributed by atoms with E-state index in [9.17, 15) is 15.0 Å². The Hall–Kier alpha value is -2.95. The molecule has 0 saturated carbocycles. The number of rotatable bonds is 8. The van der Waals surface area contributed by atoms with Gasteiger partial charge in [-0.2, -0.15) is 0 Å². The fraction of sp³-hybridized carbons (Fsp3) is 0.250. The lowest BCUT2D eigenvalue weighted by molar-refractivity contribution is -0.130. The molecule has 0 aliphatic heterocycles. The molecule has 5 nitrogen and oxygen atoms in total. The summed E-state index contributed by atoms with van der Waals surface area (Å²) < 4.78 is 11.3. The molecule has 0 aromatic heterocycles. The quantitative estimate of drug-likeness (QED) is 0.555. The van der Waals surface area contributed by atoms with Gasteiger partial charge >= 0.3 is 5.97 Å². The van der Waals surface area contributed by atoms with Crippen molar-refractivity contribution in [3.63, 3.8) is 0 Å². The third kappa shape index (κ3) is 5.01. The van der Waals surface area contributed by atoms with Crippen molar-refractivity contribution in [1.29, 1.82) is 0 Å². The second kappa shape index (κ2) is 8.78. The Morgan fingerprint density at radius 3 is 2.52 bits per heavy atom. The highest BCUT2D eigenvalue weighted by Gasteiger charge is 2.12. The molecule has 2 aromatic rings. The molecule has 2 N–H and O–H groups in total. The lowest BCUT2D eigenvalue weighted by Gasteiger charge is -2.12. The summed E-state index contributed by atoms with van der Waals surface area (Å²) in [6.07, 6.45) is 2.43. The van der Waals surface area contributed by atoms with E-state index in [0.29, 0.717) is 35.8 Å². The zero-order chi connectivity index (χ0) is 18.2. The van der Waals surface area contributed by atoms with E-state index < -0.39 is 5.97 Å². The SMILES string of the molecule is CCCOc1ccc(/C=C(\C(=O)O)c2cccc(O)c2)cc1OCC. The van der Waals surface area contributed by atoms with Gasteiger partial charge in [-0.15, -0.1) is 0 Å². The molecule has 132 valence electrons. The second-order valence-electron chi connectivity index (χ2n) is 5.40. The number of carbonyl (C=O) groups is 1. The number of hydrogen-bond donors (Lipinski definition) is 2. The molecule has 0 atom stereocenters. The number of phenolic OH excluding ortho intramolecular Hbond substituents is 1. The Kier molecular flexibility index (Phi) is 6.46. The maximum absolute atomic E-state index is 11.6. The monoisotopic (exact) mass is 342 g/mol. The van der Waals surface area contributed by atoms with E-state index in [1.165, 1.54) is 12.1 Å². The topological polar surface area (TPSA) is 76.0 Å². The number of benzene rings is 2. The number of carboxylic acid groups (broad SMARTS) is 1. The van der Waals surface area contributed by atoms with Gasteiger partial charge in [0.25, 0.3) is 0 Å². The molecule has 0 fully saturated rings. The van der Waals surface area contributed by atoms with Crippen LogP contribution in [0.25, 0.3) is 11.6 Å². The first-order valence-corrected chi connectivity index (χ1v) is 8.19. The average Bonchev–Trinajstić information content (AvgIpc) is 2.59. The van der Waals surface area contributed by atoms with Crippen LogP contribution in [0.4, 0.5) is 0 Å². The summed E-state index contributed by atoms with van der Waals surface area (Å²) in [6, 6.07) is 11.5. The highest BCUT2D eigenvalue weighted by molar-refractivity contribution is 6.20. The minimum absolute atomic E-state index is 0.0166. The minimum Gasteiger partial charge on any atom is -0.508 e. The molecule has 0 radical (unpaired) electrons. The minimum atomic E-state index is -1.07. The lowest BCUT2D eigenvalue weighted by atomic mass is 10.0. The third-order valence-electron chi connectivity index (χ3n) is 3.43. The van der Waals surface area contributed by atoms with Crippen LogP contribution in [0.2, 0.25) is 0 Å². The van der Waals surface area contributed by atoms with E-state index in [1.54, 1.807) is 36.4 Å². The van der Waals surface area contributed by atoms with Crippen molar-refractivity contribution in [1.82, 2.24) is 0 Å². The summed E-state index contributed by atoms with van der Waals surface area (Å²) in [7, 11) is 0. The van der Waals surface area contributed by atoms with Crippen LogP contribution in [-0.4, -0.2) is 29.4 Å². The average molecular weight is 342 g/mol. The van der Waals surface area contributed by atoms with Gasteiger partial charge in [-0.3, -0.25) is 0 Å². The smallest absolute Gasteiger partial charge is 0.336 e. The van der Waals surface area contributed by atoms with Gasteiger partial charge in [0.05, 0.1) is 18.8 Å². The highest BCUT2D eigenvalue weighted by Crippen LogP contribution is 2.31. The van der Waals surface area contributed by atoms with E-state index in [1.807, 2.05) is 13.8 Å². The maximum Gasteiger partial charge on any atom is 0.336 e. The molecule has 0 spiro atoms. The summed E-state index contributed by atoms with van der Waals surface area (Å²) in [5.41, 5.74) is 1.19. The van der Waals surface area contributed by atoms with Crippen molar-refractivity contribution in [3.05, 3.63) is 53.6 Å². The Morgan fingerprint density at radius 1 is 1.08 bits per heavy atom. The summed E-state index contributed by atoms with van der Waals surface area (Å²) in [5.74, 6) is 0.151. The molecule has 0 amide bonds. The predicted molar refractivity (Wildman–Crippen MR) is 97.0 cm³/mol. The van der Waals surface area contributed by atoms with Crippen molar-refractivity contribution < 1.29 is 24.5 Å². The van der Waals surface area contributed by atoms with E-state index in [2.05, 4.69) is 0 Å². The molecule has 0 saturated heterocycles. The van der Waals surface area contributed by atoms with E-state index >= 15 is 0 Å². The Balaban J connectivity index is 2.42. The van der Waals surface area contributed by atoms with Gasteiger partial charge in [-0.25, -0.2) is 4.79 Å². The number of hydrogen-bond acceptors (Lipinski definition) is 4. The fourth-order valence-electron chi connectivity index (χ4n) is 2.32. The van der Waals surface area contributed by atoms with Crippen LogP contribution in [0, 0.1) is 0 Å². The molecular formula is C20H22O5. The van der Waals surface area contributed by atoms with Gasteiger partial charge in [0, 0.05) is 0 Å². The van der Waals surface area contributed by atoms with Crippen LogP contribution in [0.15, 0.2) is 42.5 Å². The predicted octanol–water partition coefficient (Wildman–Crippen LogP) is 4.20. The van der Waals surface area contributed by atoms with Crippen molar-refractivity contribution in [2.24, 2.45) is 0 Å². The lowest BCUT2D eigenvalue weighted by Crippen LogP contribution is -2.01. The normalized spacial score (nSPS) is 11.2. The van der Waals surface area contributed by atoms with Gasteiger partial charge in [-0.05, 0) is 54.8 Å². The van der Waals surface area contributed by atoms with Crippen molar-refractivity contribution >= 4 is 17.6 Å². The van der Waals surface area contributed by atoms with Gasteiger partial charge in [0.1, 0.15) is 5.75 Å². The standard InChI is InChI=1S/C20H22O5/c1-3-10-25-18-9-8-14(12-19(18)24-4-2)11-17(20(22)23)15-6-5-7-16(21)13-15/h5-9,11-13,21H,3-4,10H2,1-2H3,(H,22,23)/b17-11-. The molecular weight excluding hydrogens is 320 g/mol. The molecule has 2 aromatic carbocycles. The van der Waals surface area contributed by atoms with Crippen molar-refractivity contribution in [2.45, 2.75) is 20.3 Å². The fourth-order valence-corrected chi connectivity index (χ4v) is 2.32. The Bertz CT molecular complexity index is 764. The first kappa shape index (κ1) is 18.4. The van der Waals surface area contributed by atoms with Gasteiger partial charge in [0.2, 0.25) is 0 Å². The van der Waals surface area contributed by atoms with Gasteiger partial charge in [0.15, 0.2) is 11.5 Å². The molecule has 5 heteroatoms. The van der Waals surface area contributed by atoms with Crippen LogP contribution < -0.4 is 9.47 Å². The molecule has 0 unspecified atom stereocenters. The molecule has 25 heavy (non-hydrogen) atoms. The zero-order valence-corrected chi connectivity index (χ0v) is 14.4. The number of phenols is 1. The van der Waals surface area contributed by atoms with E-state index in [-0.39, 0.29) is 11.3 Å². The molecule has 0 heterocycles. The summed E-state index contributed by atoms with van der Waals surface area (Å²) in [4.78, 5) is 11.6. The molecule has 2 rings (SSSR count). The molecule has 0 aliphatic rings. The van der Waals surface area contributed by atoms with Crippen molar-refractivity contribution in [3.8, 4) is 17.2 Å². The van der Waals surface area contributed by atoms with Gasteiger partial charge in [-0.1, -0.05) is 25.1 Å². The number of aromatic hydroxyl groups is 1. The maximum atomic E-state index is 11.6. The zero-order valence-electron chi connectivity index (χ0n) is 14.4. The van der Waals surface area contributed by atoms with Crippen molar-refractivity contribution in [2.75, 3.05) is 13.2 Å². The summed E-state index contributed by atoms with van der Waals surface area (Å²) in [5, 5.41) is 19.1. The van der Waals surface area contributed by atoms with Crippen LogP contribution in [0.5, 0.6) is 17.2 Å². The van der Waals surface area contributed by atoms with Crippen LogP contribution in [0.1, 0.15) is 31.4 Å². The molecule has 0 aliphatic carbocycles. The second-order valence-corrected chi connectivity index (χ2v) is 5.40. The van der Waals surface area contributed by atoms with E-state index in [0.717, 1.165) is 6.42 Å². The van der Waals surface area contributed by atoms with Crippen LogP contribution >= 0.6 is 0 Å².